The molecule has 0 saturated carbocycles. The van der Waals surface area contributed by atoms with E-state index in [0.717, 1.165) is 12.1 Å². The van der Waals surface area contributed by atoms with Crippen molar-refractivity contribution in [2.75, 3.05) is 19.0 Å². The van der Waals surface area contributed by atoms with Crippen molar-refractivity contribution in [3.8, 4) is 0 Å². The van der Waals surface area contributed by atoms with Gasteiger partial charge in [-0.25, -0.2) is 4.39 Å². The molecule has 0 fully saturated rings. The Balaban J connectivity index is 0.000000791. The highest BCUT2D eigenvalue weighted by atomic mass is 19.1. The molecular formula is C12H20FN. The van der Waals surface area contributed by atoms with Crippen molar-refractivity contribution in [1.82, 2.24) is 0 Å². The number of hydrogen-bond acceptors (Lipinski definition) is 1. The summed E-state index contributed by atoms with van der Waals surface area (Å²) < 4.78 is 12.8. The third-order valence-corrected chi connectivity index (χ3v) is 1.91. The minimum absolute atomic E-state index is 0.170. The van der Waals surface area contributed by atoms with Gasteiger partial charge in [0.1, 0.15) is 5.82 Å². The Kier molecular flexibility index (Phi) is 5.93. The standard InChI is InChI=1S/C10H14FN.C2H6/c1-4-8-5-6-9(11)7-10(8)12(2)3;1-2/h5-7H,4H2,1-3H3;1-2H3. The van der Waals surface area contributed by atoms with Crippen LogP contribution < -0.4 is 4.90 Å². The molecule has 0 amide bonds. The van der Waals surface area contributed by atoms with Crippen molar-refractivity contribution < 1.29 is 4.39 Å². The topological polar surface area (TPSA) is 3.24 Å². The molecule has 1 rings (SSSR count). The predicted molar refractivity (Wildman–Crippen MR) is 61.5 cm³/mol. The monoisotopic (exact) mass is 197 g/mol. The maximum absolute atomic E-state index is 12.8. The molecule has 0 unspecified atom stereocenters. The largest absolute Gasteiger partial charge is 0.377 e. The minimum atomic E-state index is -0.170. The second kappa shape index (κ2) is 6.41. The van der Waals surface area contributed by atoms with Gasteiger partial charge in [0.25, 0.3) is 0 Å². The molecule has 0 aliphatic heterocycles. The van der Waals surface area contributed by atoms with E-state index in [4.69, 9.17) is 0 Å². The van der Waals surface area contributed by atoms with Crippen LogP contribution >= 0.6 is 0 Å². The van der Waals surface area contributed by atoms with Gasteiger partial charge in [0.15, 0.2) is 0 Å². The number of halogens is 1. The molecule has 0 aliphatic carbocycles. The van der Waals surface area contributed by atoms with E-state index in [1.165, 1.54) is 11.6 Å². The zero-order valence-corrected chi connectivity index (χ0v) is 9.76. The third-order valence-electron chi connectivity index (χ3n) is 1.91. The van der Waals surface area contributed by atoms with Gasteiger partial charge in [0.2, 0.25) is 0 Å². The number of rotatable bonds is 2. The summed E-state index contributed by atoms with van der Waals surface area (Å²) >= 11 is 0. The zero-order valence-electron chi connectivity index (χ0n) is 9.76. The van der Waals surface area contributed by atoms with Crippen LogP contribution in [0.4, 0.5) is 10.1 Å². The minimum Gasteiger partial charge on any atom is -0.377 e. The molecular weight excluding hydrogens is 177 g/mol. The summed E-state index contributed by atoms with van der Waals surface area (Å²) in [4.78, 5) is 1.93. The fourth-order valence-electron chi connectivity index (χ4n) is 1.25. The van der Waals surface area contributed by atoms with E-state index < -0.39 is 0 Å². The van der Waals surface area contributed by atoms with Crippen LogP contribution in [-0.2, 0) is 6.42 Å². The van der Waals surface area contributed by atoms with E-state index in [9.17, 15) is 4.39 Å². The maximum Gasteiger partial charge on any atom is 0.125 e. The second-order valence-electron chi connectivity index (χ2n) is 3.02. The van der Waals surface area contributed by atoms with E-state index in [0.29, 0.717) is 0 Å². The normalized spacial score (nSPS) is 9.00. The fraction of sp³-hybridized carbons (Fsp3) is 0.500. The third kappa shape index (κ3) is 3.36. The lowest BCUT2D eigenvalue weighted by molar-refractivity contribution is 0.627. The molecule has 0 aromatic heterocycles. The molecule has 14 heavy (non-hydrogen) atoms. The average molecular weight is 197 g/mol. The van der Waals surface area contributed by atoms with Gasteiger partial charge in [-0.1, -0.05) is 26.8 Å². The van der Waals surface area contributed by atoms with Crippen LogP contribution in [0.2, 0.25) is 0 Å². The van der Waals surface area contributed by atoms with Gasteiger partial charge in [0.05, 0.1) is 0 Å². The summed E-state index contributed by atoms with van der Waals surface area (Å²) in [6.45, 7) is 6.07. The average Bonchev–Trinajstić information content (AvgIpc) is 2.20. The molecule has 0 spiro atoms. The zero-order chi connectivity index (χ0) is 11.1. The molecule has 1 aromatic carbocycles. The Morgan fingerprint density at radius 2 is 1.79 bits per heavy atom. The molecule has 0 radical (unpaired) electrons. The number of benzene rings is 1. The highest BCUT2D eigenvalue weighted by Gasteiger charge is 2.03. The van der Waals surface area contributed by atoms with Gasteiger partial charge in [-0.3, -0.25) is 0 Å². The lowest BCUT2D eigenvalue weighted by Gasteiger charge is -2.16. The van der Waals surface area contributed by atoms with Crippen molar-refractivity contribution in [1.29, 1.82) is 0 Å². The van der Waals surface area contributed by atoms with Crippen LogP contribution in [0.5, 0.6) is 0 Å². The van der Waals surface area contributed by atoms with Crippen molar-refractivity contribution in [3.05, 3.63) is 29.6 Å². The van der Waals surface area contributed by atoms with Crippen LogP contribution in [0.15, 0.2) is 18.2 Å². The Labute approximate surface area is 86.6 Å². The van der Waals surface area contributed by atoms with Gasteiger partial charge >= 0.3 is 0 Å². The molecule has 2 heteroatoms. The van der Waals surface area contributed by atoms with E-state index in [-0.39, 0.29) is 5.82 Å². The smallest absolute Gasteiger partial charge is 0.125 e. The predicted octanol–water partition coefficient (Wildman–Crippen LogP) is 3.48. The first-order valence-corrected chi connectivity index (χ1v) is 5.11. The highest BCUT2D eigenvalue weighted by molar-refractivity contribution is 5.52. The molecule has 80 valence electrons. The van der Waals surface area contributed by atoms with Crippen LogP contribution in [0.25, 0.3) is 0 Å². The van der Waals surface area contributed by atoms with E-state index in [1.807, 2.05) is 38.9 Å². The summed E-state index contributed by atoms with van der Waals surface area (Å²) in [5.41, 5.74) is 2.15. The highest BCUT2D eigenvalue weighted by Crippen LogP contribution is 2.19. The van der Waals surface area contributed by atoms with E-state index in [1.54, 1.807) is 6.07 Å². The van der Waals surface area contributed by atoms with Crippen molar-refractivity contribution >= 4 is 5.69 Å². The number of aryl methyl sites for hydroxylation is 1. The molecule has 0 aliphatic rings. The quantitative estimate of drug-likeness (QED) is 0.701. The molecule has 0 atom stereocenters. The van der Waals surface area contributed by atoms with E-state index >= 15 is 0 Å². The van der Waals surface area contributed by atoms with Crippen LogP contribution in [0.1, 0.15) is 26.3 Å². The molecule has 0 N–H and O–H groups in total. The van der Waals surface area contributed by atoms with Crippen molar-refractivity contribution in [3.63, 3.8) is 0 Å². The van der Waals surface area contributed by atoms with Crippen LogP contribution in [0, 0.1) is 5.82 Å². The lowest BCUT2D eigenvalue weighted by Crippen LogP contribution is -2.11. The van der Waals surface area contributed by atoms with Crippen molar-refractivity contribution in [2.45, 2.75) is 27.2 Å². The first kappa shape index (κ1) is 12.9. The second-order valence-corrected chi connectivity index (χ2v) is 3.02. The number of hydrogen-bond donors (Lipinski definition) is 0. The molecule has 1 nitrogen and oxygen atoms in total. The summed E-state index contributed by atoms with van der Waals surface area (Å²) in [6.07, 6.45) is 0.938. The first-order chi connectivity index (χ1) is 6.65. The maximum atomic E-state index is 12.8. The molecule has 0 bridgehead atoms. The van der Waals surface area contributed by atoms with Gasteiger partial charge < -0.3 is 4.90 Å². The Morgan fingerprint density at radius 3 is 2.21 bits per heavy atom. The van der Waals surface area contributed by atoms with Crippen molar-refractivity contribution in [2.24, 2.45) is 0 Å². The Bertz CT molecular complexity index is 269. The SMILES string of the molecule is CC.CCc1ccc(F)cc1N(C)C. The van der Waals surface area contributed by atoms with Gasteiger partial charge in [-0.2, -0.15) is 0 Å². The first-order valence-electron chi connectivity index (χ1n) is 5.11. The lowest BCUT2D eigenvalue weighted by atomic mass is 10.1. The Hall–Kier alpha value is -1.05. The summed E-state index contributed by atoms with van der Waals surface area (Å²) in [5.74, 6) is -0.170. The van der Waals surface area contributed by atoms with Crippen LogP contribution in [0.3, 0.4) is 0 Å². The molecule has 0 saturated heterocycles. The number of anilines is 1. The van der Waals surface area contributed by atoms with Gasteiger partial charge in [-0.05, 0) is 24.1 Å². The van der Waals surface area contributed by atoms with E-state index in [2.05, 4.69) is 6.92 Å². The molecule has 1 aromatic rings. The Morgan fingerprint density at radius 1 is 1.21 bits per heavy atom. The van der Waals surface area contributed by atoms with Gasteiger partial charge in [-0.15, -0.1) is 0 Å². The summed E-state index contributed by atoms with van der Waals surface area (Å²) in [6, 6.07) is 4.91. The molecule has 0 heterocycles. The fourth-order valence-corrected chi connectivity index (χ4v) is 1.25. The van der Waals surface area contributed by atoms with Crippen LogP contribution in [-0.4, -0.2) is 14.1 Å². The number of nitrogens with zero attached hydrogens (tertiary/aromatic N) is 1. The summed E-state index contributed by atoms with van der Waals surface area (Å²) in [7, 11) is 3.85. The summed E-state index contributed by atoms with van der Waals surface area (Å²) in [5, 5.41) is 0. The van der Waals surface area contributed by atoms with Gasteiger partial charge in [0, 0.05) is 19.8 Å².